The molecule has 0 radical (unpaired) electrons. The van der Waals surface area contributed by atoms with E-state index in [0.717, 1.165) is 38.1 Å². The van der Waals surface area contributed by atoms with Crippen LogP contribution in [-0.4, -0.2) is 26.2 Å². The zero-order chi connectivity index (χ0) is 34.1. The summed E-state index contributed by atoms with van der Waals surface area (Å²) in [5.74, 6) is 2.01. The lowest BCUT2D eigenvalue weighted by atomic mass is 9.75. The standard InChI is InChI=1S/C43H81NO2/c1-8-9-10-11-12-13-14-15-16-17-18-19-20-21-22-25-28-31-41(35-37-44-7)32-29-26-23-24-27-30-33-42(45)46-38-43(6,40(4)5)36-34-39(2)3/h12-13,15-16,24,27,39-41,44H,8-11,14,17-23,25-26,28-38H2,1-7H3/b13-12-,16-15-,27-24+. The third-order valence-corrected chi connectivity index (χ3v) is 10.0. The first kappa shape index (κ1) is 44.6. The number of unbranched alkanes of at least 4 members (excludes halogenated alkanes) is 12. The smallest absolute Gasteiger partial charge is 0.306 e. The van der Waals surface area contributed by atoms with Crippen LogP contribution in [0.4, 0.5) is 0 Å². The first-order valence-electron chi connectivity index (χ1n) is 20.0. The molecule has 0 bridgehead atoms. The molecule has 0 spiro atoms. The molecule has 0 aliphatic rings. The summed E-state index contributed by atoms with van der Waals surface area (Å²) in [6.07, 6.45) is 42.6. The monoisotopic (exact) mass is 644 g/mol. The number of ether oxygens (including phenoxy) is 1. The van der Waals surface area contributed by atoms with Crippen LogP contribution in [0.15, 0.2) is 36.5 Å². The van der Waals surface area contributed by atoms with Gasteiger partial charge in [-0.15, -0.1) is 0 Å². The number of rotatable bonds is 33. The second-order valence-electron chi connectivity index (χ2n) is 15.2. The normalized spacial score (nSPS) is 14.4. The maximum absolute atomic E-state index is 12.3. The van der Waals surface area contributed by atoms with Gasteiger partial charge in [-0.1, -0.05) is 155 Å². The summed E-state index contributed by atoms with van der Waals surface area (Å²) in [6.45, 7) is 15.3. The minimum Gasteiger partial charge on any atom is -0.465 e. The Kier molecular flexibility index (Phi) is 31.3. The second kappa shape index (κ2) is 32.2. The molecule has 3 heteroatoms. The molecule has 0 fully saturated rings. The van der Waals surface area contributed by atoms with Gasteiger partial charge in [-0.2, -0.15) is 0 Å². The first-order chi connectivity index (χ1) is 22.2. The zero-order valence-corrected chi connectivity index (χ0v) is 32.2. The van der Waals surface area contributed by atoms with Crippen LogP contribution >= 0.6 is 0 Å². The fourth-order valence-corrected chi connectivity index (χ4v) is 5.98. The zero-order valence-electron chi connectivity index (χ0n) is 32.2. The lowest BCUT2D eigenvalue weighted by Gasteiger charge is -2.34. The topological polar surface area (TPSA) is 38.3 Å². The van der Waals surface area contributed by atoms with Crippen molar-refractivity contribution in [3.63, 3.8) is 0 Å². The molecule has 1 N–H and O–H groups in total. The predicted octanol–water partition coefficient (Wildman–Crippen LogP) is 13.3. The van der Waals surface area contributed by atoms with Crippen molar-refractivity contribution in [2.24, 2.45) is 23.2 Å². The Bertz CT molecular complexity index is 752. The van der Waals surface area contributed by atoms with E-state index in [4.69, 9.17) is 4.74 Å². The number of hydrogen-bond donors (Lipinski definition) is 1. The molecule has 270 valence electrons. The number of hydrogen-bond acceptors (Lipinski definition) is 3. The summed E-state index contributed by atoms with van der Waals surface area (Å²) < 4.78 is 5.72. The third kappa shape index (κ3) is 28.8. The summed E-state index contributed by atoms with van der Waals surface area (Å²) in [7, 11) is 2.08. The third-order valence-electron chi connectivity index (χ3n) is 10.0. The molecule has 0 heterocycles. The van der Waals surface area contributed by atoms with Gasteiger partial charge in [0.05, 0.1) is 6.61 Å². The van der Waals surface area contributed by atoms with E-state index < -0.39 is 0 Å². The molecule has 0 aromatic carbocycles. The Morgan fingerprint density at radius 2 is 1.20 bits per heavy atom. The molecule has 0 aromatic heterocycles. The van der Waals surface area contributed by atoms with Gasteiger partial charge in [0.2, 0.25) is 0 Å². The molecular weight excluding hydrogens is 562 g/mol. The van der Waals surface area contributed by atoms with E-state index in [0.29, 0.717) is 24.9 Å². The van der Waals surface area contributed by atoms with Crippen molar-refractivity contribution in [2.75, 3.05) is 20.2 Å². The number of esters is 1. The first-order valence-corrected chi connectivity index (χ1v) is 20.0. The van der Waals surface area contributed by atoms with Gasteiger partial charge in [0.15, 0.2) is 0 Å². The summed E-state index contributed by atoms with van der Waals surface area (Å²) in [5.41, 5.74) is 0.0727. The summed E-state index contributed by atoms with van der Waals surface area (Å²) in [5, 5.41) is 3.37. The van der Waals surface area contributed by atoms with Gasteiger partial charge in [-0.25, -0.2) is 0 Å². The largest absolute Gasteiger partial charge is 0.465 e. The van der Waals surface area contributed by atoms with Crippen LogP contribution in [0.25, 0.3) is 0 Å². The van der Waals surface area contributed by atoms with Gasteiger partial charge < -0.3 is 10.1 Å². The van der Waals surface area contributed by atoms with Crippen molar-refractivity contribution in [3.8, 4) is 0 Å². The summed E-state index contributed by atoms with van der Waals surface area (Å²) >= 11 is 0. The van der Waals surface area contributed by atoms with Gasteiger partial charge in [0.25, 0.3) is 0 Å². The second-order valence-corrected chi connectivity index (χ2v) is 15.2. The maximum Gasteiger partial charge on any atom is 0.306 e. The number of allylic oxidation sites excluding steroid dienone is 6. The van der Waals surface area contributed by atoms with Crippen LogP contribution in [-0.2, 0) is 9.53 Å². The molecule has 2 atom stereocenters. The lowest BCUT2D eigenvalue weighted by Crippen LogP contribution is -2.31. The molecule has 0 rings (SSSR count). The van der Waals surface area contributed by atoms with Gasteiger partial charge in [-0.05, 0) is 95.6 Å². The quantitative estimate of drug-likeness (QED) is 0.0439. The fourth-order valence-electron chi connectivity index (χ4n) is 5.98. The highest BCUT2D eigenvalue weighted by atomic mass is 16.5. The number of carbonyl (C=O) groups is 1. The molecule has 0 saturated heterocycles. The SMILES string of the molecule is CCCCC/C=C\C/C=C\CCCCCCCCCC(CCCC/C=C/CCC(=O)OCC(C)(CCC(C)C)C(C)C)CCNC. The molecule has 0 aliphatic carbocycles. The molecular formula is C43H81NO2. The molecule has 3 nitrogen and oxygen atoms in total. The number of nitrogens with one attached hydrogen (secondary N) is 1. The van der Waals surface area contributed by atoms with Crippen molar-refractivity contribution in [3.05, 3.63) is 36.5 Å². The van der Waals surface area contributed by atoms with Crippen molar-refractivity contribution in [1.82, 2.24) is 5.32 Å². The van der Waals surface area contributed by atoms with E-state index in [-0.39, 0.29) is 11.4 Å². The van der Waals surface area contributed by atoms with Gasteiger partial charge >= 0.3 is 5.97 Å². The average molecular weight is 644 g/mol. The molecule has 0 aromatic rings. The van der Waals surface area contributed by atoms with Crippen molar-refractivity contribution in [2.45, 2.75) is 189 Å². The van der Waals surface area contributed by atoms with E-state index >= 15 is 0 Å². The molecule has 0 amide bonds. The van der Waals surface area contributed by atoms with Crippen LogP contribution in [0, 0.1) is 23.2 Å². The van der Waals surface area contributed by atoms with Crippen LogP contribution in [0.5, 0.6) is 0 Å². The fraction of sp³-hybridized carbons (Fsp3) is 0.837. The van der Waals surface area contributed by atoms with Gasteiger partial charge in [0.1, 0.15) is 0 Å². The van der Waals surface area contributed by atoms with Crippen LogP contribution in [0.3, 0.4) is 0 Å². The minimum atomic E-state index is -0.0479. The van der Waals surface area contributed by atoms with E-state index in [2.05, 4.69) is 90.4 Å². The summed E-state index contributed by atoms with van der Waals surface area (Å²) in [6, 6.07) is 0. The van der Waals surface area contributed by atoms with Crippen molar-refractivity contribution >= 4 is 5.97 Å². The van der Waals surface area contributed by atoms with E-state index in [1.165, 1.54) is 116 Å². The van der Waals surface area contributed by atoms with Crippen molar-refractivity contribution < 1.29 is 9.53 Å². The van der Waals surface area contributed by atoms with E-state index in [1.807, 2.05) is 0 Å². The highest BCUT2D eigenvalue weighted by molar-refractivity contribution is 5.69. The Morgan fingerprint density at radius 1 is 0.674 bits per heavy atom. The highest BCUT2D eigenvalue weighted by Gasteiger charge is 2.30. The average Bonchev–Trinajstić information content (AvgIpc) is 3.03. The maximum atomic E-state index is 12.3. The van der Waals surface area contributed by atoms with Gasteiger partial charge in [-0.3, -0.25) is 4.79 Å². The Balaban J connectivity index is 3.90. The highest BCUT2D eigenvalue weighted by Crippen LogP contribution is 2.34. The van der Waals surface area contributed by atoms with E-state index in [9.17, 15) is 4.79 Å². The Labute approximate surface area is 289 Å². The Hall–Kier alpha value is -1.35. The molecule has 0 saturated carbocycles. The Morgan fingerprint density at radius 3 is 1.78 bits per heavy atom. The number of carbonyl (C=O) groups excluding carboxylic acids is 1. The predicted molar refractivity (Wildman–Crippen MR) is 205 cm³/mol. The minimum absolute atomic E-state index is 0.0479. The molecule has 2 unspecified atom stereocenters. The van der Waals surface area contributed by atoms with E-state index in [1.54, 1.807) is 0 Å². The van der Waals surface area contributed by atoms with Crippen molar-refractivity contribution in [1.29, 1.82) is 0 Å². The lowest BCUT2D eigenvalue weighted by molar-refractivity contribution is -0.148. The van der Waals surface area contributed by atoms with Gasteiger partial charge in [0, 0.05) is 11.8 Å². The molecule has 0 aliphatic heterocycles. The van der Waals surface area contributed by atoms with Crippen LogP contribution in [0.2, 0.25) is 0 Å². The molecule has 46 heavy (non-hydrogen) atoms. The summed E-state index contributed by atoms with van der Waals surface area (Å²) in [4.78, 5) is 12.3. The van der Waals surface area contributed by atoms with Crippen LogP contribution < -0.4 is 5.32 Å². The van der Waals surface area contributed by atoms with Crippen LogP contribution in [0.1, 0.15) is 189 Å².